The van der Waals surface area contributed by atoms with E-state index in [2.05, 4.69) is 29.2 Å². The number of carbonyl (C=O) groups excluding carboxylic acids is 1. The molecule has 0 radical (unpaired) electrons. The second kappa shape index (κ2) is 9.03. The van der Waals surface area contributed by atoms with Crippen LogP contribution in [0.5, 0.6) is 0 Å². The third-order valence-electron chi connectivity index (χ3n) is 4.53. The number of carbonyl (C=O) groups is 1. The lowest BCUT2D eigenvalue weighted by Gasteiger charge is -2.22. The molecule has 1 heterocycles. The van der Waals surface area contributed by atoms with Crippen LogP contribution < -0.4 is 10.2 Å². The second-order valence-electron chi connectivity index (χ2n) is 6.43. The molecule has 3 aromatic rings. The number of hydrogen-bond donors (Lipinski definition) is 1. The van der Waals surface area contributed by atoms with Crippen molar-refractivity contribution in [2.24, 2.45) is 0 Å². The van der Waals surface area contributed by atoms with E-state index in [1.54, 1.807) is 6.20 Å². The van der Waals surface area contributed by atoms with Gasteiger partial charge in [0.25, 0.3) is 5.91 Å². The minimum Gasteiger partial charge on any atom is -0.372 e. The highest BCUT2D eigenvalue weighted by Gasteiger charge is 2.08. The first-order chi connectivity index (χ1) is 13.2. The van der Waals surface area contributed by atoms with E-state index >= 15 is 0 Å². The van der Waals surface area contributed by atoms with Crippen molar-refractivity contribution in [3.05, 3.63) is 78.1 Å². The van der Waals surface area contributed by atoms with Crippen LogP contribution in [-0.2, 0) is 6.54 Å². The van der Waals surface area contributed by atoms with Gasteiger partial charge in [0.2, 0.25) is 0 Å². The summed E-state index contributed by atoms with van der Waals surface area (Å²) in [6.45, 7) is 6.81. The zero-order valence-electron chi connectivity index (χ0n) is 15.9. The first kappa shape index (κ1) is 18.7. The van der Waals surface area contributed by atoms with Gasteiger partial charge in [-0.2, -0.15) is 5.10 Å². The summed E-state index contributed by atoms with van der Waals surface area (Å²) in [6.07, 6.45) is 4.76. The standard InChI is InChI=1S/C22H26N4O/c1-3-15-25(4-2)20-12-8-19(9-13-20)22(27)23-17-18-6-10-21(11-7-18)26-16-5-14-24-26/h5-14,16H,3-4,15,17H2,1-2H3,(H,23,27). The molecule has 0 atom stereocenters. The van der Waals surface area contributed by atoms with Gasteiger partial charge in [0, 0.05) is 43.3 Å². The monoisotopic (exact) mass is 362 g/mol. The lowest BCUT2D eigenvalue weighted by Crippen LogP contribution is -2.24. The van der Waals surface area contributed by atoms with Crippen LogP contribution in [0, 0.1) is 0 Å². The Labute approximate surface area is 160 Å². The number of aromatic nitrogens is 2. The molecule has 2 aromatic carbocycles. The molecule has 0 fully saturated rings. The highest BCUT2D eigenvalue weighted by molar-refractivity contribution is 5.94. The molecule has 0 unspecified atom stereocenters. The van der Waals surface area contributed by atoms with Crippen LogP contribution in [0.3, 0.4) is 0 Å². The van der Waals surface area contributed by atoms with E-state index < -0.39 is 0 Å². The third-order valence-corrected chi connectivity index (χ3v) is 4.53. The number of amides is 1. The summed E-state index contributed by atoms with van der Waals surface area (Å²) >= 11 is 0. The summed E-state index contributed by atoms with van der Waals surface area (Å²) in [4.78, 5) is 14.7. The molecular weight excluding hydrogens is 336 g/mol. The average Bonchev–Trinajstić information content (AvgIpc) is 3.25. The molecule has 27 heavy (non-hydrogen) atoms. The quantitative estimate of drug-likeness (QED) is 0.658. The van der Waals surface area contributed by atoms with Crippen LogP contribution in [0.15, 0.2) is 67.0 Å². The van der Waals surface area contributed by atoms with Crippen LogP contribution in [0.2, 0.25) is 0 Å². The Bertz CT molecular complexity index is 839. The summed E-state index contributed by atoms with van der Waals surface area (Å²) in [5.74, 6) is -0.0590. The van der Waals surface area contributed by atoms with Gasteiger partial charge in [-0.15, -0.1) is 0 Å². The summed E-state index contributed by atoms with van der Waals surface area (Å²) in [5.41, 5.74) is 3.89. The molecule has 0 saturated heterocycles. The number of nitrogens with one attached hydrogen (secondary N) is 1. The third kappa shape index (κ3) is 4.76. The van der Waals surface area contributed by atoms with E-state index in [0.29, 0.717) is 12.1 Å². The highest BCUT2D eigenvalue weighted by Crippen LogP contribution is 2.16. The van der Waals surface area contributed by atoms with Crippen LogP contribution in [0.1, 0.15) is 36.2 Å². The van der Waals surface area contributed by atoms with Crippen LogP contribution in [-0.4, -0.2) is 28.8 Å². The Hall–Kier alpha value is -3.08. The summed E-state index contributed by atoms with van der Waals surface area (Å²) in [5, 5.41) is 7.19. The van der Waals surface area contributed by atoms with E-state index in [1.165, 1.54) is 0 Å². The largest absolute Gasteiger partial charge is 0.372 e. The molecule has 0 aliphatic heterocycles. The van der Waals surface area contributed by atoms with Gasteiger partial charge in [-0.1, -0.05) is 19.1 Å². The molecule has 0 spiro atoms. The van der Waals surface area contributed by atoms with E-state index in [0.717, 1.165) is 36.4 Å². The van der Waals surface area contributed by atoms with Gasteiger partial charge in [0.1, 0.15) is 0 Å². The fourth-order valence-corrected chi connectivity index (χ4v) is 3.04. The topological polar surface area (TPSA) is 50.2 Å². The van der Waals surface area contributed by atoms with Crippen molar-refractivity contribution in [1.82, 2.24) is 15.1 Å². The molecule has 5 heteroatoms. The van der Waals surface area contributed by atoms with E-state index in [4.69, 9.17) is 0 Å². The molecule has 1 amide bonds. The number of nitrogens with zero attached hydrogens (tertiary/aromatic N) is 3. The molecule has 0 aliphatic carbocycles. The lowest BCUT2D eigenvalue weighted by molar-refractivity contribution is 0.0951. The zero-order valence-corrected chi connectivity index (χ0v) is 15.9. The van der Waals surface area contributed by atoms with E-state index in [1.807, 2.05) is 65.5 Å². The van der Waals surface area contributed by atoms with Crippen molar-refractivity contribution in [3.8, 4) is 5.69 Å². The summed E-state index contributed by atoms with van der Waals surface area (Å²) in [7, 11) is 0. The molecule has 140 valence electrons. The zero-order chi connectivity index (χ0) is 19.1. The predicted molar refractivity (Wildman–Crippen MR) is 109 cm³/mol. The van der Waals surface area contributed by atoms with E-state index in [9.17, 15) is 4.79 Å². The molecule has 3 rings (SSSR count). The molecule has 0 bridgehead atoms. The van der Waals surface area contributed by atoms with Crippen molar-refractivity contribution in [3.63, 3.8) is 0 Å². The maximum Gasteiger partial charge on any atom is 0.251 e. The minimum atomic E-state index is -0.0590. The Morgan fingerprint density at radius 2 is 1.81 bits per heavy atom. The second-order valence-corrected chi connectivity index (χ2v) is 6.43. The van der Waals surface area contributed by atoms with Gasteiger partial charge >= 0.3 is 0 Å². The van der Waals surface area contributed by atoms with Crippen molar-refractivity contribution < 1.29 is 4.79 Å². The fraction of sp³-hybridized carbons (Fsp3) is 0.273. The van der Waals surface area contributed by atoms with Gasteiger partial charge < -0.3 is 10.2 Å². The van der Waals surface area contributed by atoms with Crippen LogP contribution >= 0.6 is 0 Å². The summed E-state index contributed by atoms with van der Waals surface area (Å²) < 4.78 is 1.81. The van der Waals surface area contributed by atoms with Gasteiger partial charge in [0.05, 0.1) is 5.69 Å². The Kier molecular flexibility index (Phi) is 6.26. The van der Waals surface area contributed by atoms with Gasteiger partial charge in [0.15, 0.2) is 0 Å². The minimum absolute atomic E-state index is 0.0590. The average molecular weight is 362 g/mol. The lowest BCUT2D eigenvalue weighted by atomic mass is 10.1. The molecule has 0 saturated carbocycles. The number of rotatable bonds is 8. The maximum absolute atomic E-state index is 12.4. The van der Waals surface area contributed by atoms with Crippen LogP contribution in [0.4, 0.5) is 5.69 Å². The Morgan fingerprint density at radius 1 is 1.07 bits per heavy atom. The first-order valence-corrected chi connectivity index (χ1v) is 9.43. The SMILES string of the molecule is CCCN(CC)c1ccc(C(=O)NCc2ccc(-n3cccn3)cc2)cc1. The smallest absolute Gasteiger partial charge is 0.251 e. The van der Waals surface area contributed by atoms with Gasteiger partial charge in [-0.05, 0) is 61.4 Å². The van der Waals surface area contributed by atoms with Crippen LogP contribution in [0.25, 0.3) is 5.69 Å². The number of anilines is 1. The first-order valence-electron chi connectivity index (χ1n) is 9.43. The molecular formula is C22H26N4O. The molecule has 1 N–H and O–H groups in total. The fourth-order valence-electron chi connectivity index (χ4n) is 3.04. The van der Waals surface area contributed by atoms with Crippen molar-refractivity contribution >= 4 is 11.6 Å². The predicted octanol–water partition coefficient (Wildman–Crippen LogP) is 4.04. The van der Waals surface area contributed by atoms with E-state index in [-0.39, 0.29) is 5.91 Å². The normalized spacial score (nSPS) is 10.6. The molecule has 1 aromatic heterocycles. The van der Waals surface area contributed by atoms with Crippen molar-refractivity contribution in [2.45, 2.75) is 26.8 Å². The number of hydrogen-bond acceptors (Lipinski definition) is 3. The number of benzene rings is 2. The van der Waals surface area contributed by atoms with Crippen molar-refractivity contribution in [1.29, 1.82) is 0 Å². The van der Waals surface area contributed by atoms with Gasteiger partial charge in [-0.3, -0.25) is 4.79 Å². The Balaban J connectivity index is 1.57. The highest BCUT2D eigenvalue weighted by atomic mass is 16.1. The molecule has 0 aliphatic rings. The van der Waals surface area contributed by atoms with Gasteiger partial charge in [-0.25, -0.2) is 4.68 Å². The summed E-state index contributed by atoms with van der Waals surface area (Å²) in [6, 6.07) is 17.7. The molecule has 5 nitrogen and oxygen atoms in total. The maximum atomic E-state index is 12.4. The Morgan fingerprint density at radius 3 is 2.41 bits per heavy atom. The van der Waals surface area contributed by atoms with Crippen molar-refractivity contribution in [2.75, 3.05) is 18.0 Å².